The van der Waals surface area contributed by atoms with Crippen LogP contribution >= 0.6 is 0 Å². The fraction of sp³-hybridized carbons (Fsp3) is 0.486. The molecule has 0 unspecified atom stereocenters. The highest BCUT2D eigenvalue weighted by atomic mass is 19.1. The van der Waals surface area contributed by atoms with Crippen molar-refractivity contribution in [3.63, 3.8) is 0 Å². The van der Waals surface area contributed by atoms with Gasteiger partial charge in [-0.3, -0.25) is 14.4 Å². The first kappa shape index (κ1) is 36.3. The number of halogens is 1. The minimum Gasteiger partial charge on any atom is -0.508 e. The Labute approximate surface area is 291 Å². The second kappa shape index (κ2) is 12.0. The number of fused-ring (bicyclic) bond motifs is 6. The van der Waals surface area contributed by atoms with Gasteiger partial charge in [-0.25, -0.2) is 4.39 Å². The Hall–Kier alpha value is -4.50. The molecule has 2 aromatic rings. The molecule has 7 rings (SSSR count). The summed E-state index contributed by atoms with van der Waals surface area (Å²) in [5.41, 5.74) is -5.43. The van der Waals surface area contributed by atoms with E-state index in [4.69, 9.17) is 4.74 Å². The largest absolute Gasteiger partial charge is 0.508 e. The Bertz CT molecular complexity index is 1870. The third kappa shape index (κ3) is 4.98. The third-order valence-electron chi connectivity index (χ3n) is 12.3. The number of allylic oxidation sites excluding steroid dienone is 4. The van der Waals surface area contributed by atoms with Gasteiger partial charge < -0.3 is 50.7 Å². The van der Waals surface area contributed by atoms with Crippen LogP contribution in [0.1, 0.15) is 68.5 Å². The van der Waals surface area contributed by atoms with Crippen LogP contribution in [0, 0.1) is 28.6 Å². The number of alkyl halides is 1. The summed E-state index contributed by atoms with van der Waals surface area (Å²) in [7, 11) is 0. The second-order valence-corrected chi connectivity index (χ2v) is 14.8. The van der Waals surface area contributed by atoms with E-state index in [9.17, 15) is 60.3 Å². The molecule has 5 aliphatic rings. The normalized spacial score (nSPS) is 37.8. The van der Waals surface area contributed by atoms with Crippen LogP contribution in [0.5, 0.6) is 34.5 Å². The average Bonchev–Trinajstić information content (AvgIpc) is 3.26. The predicted octanol–water partition coefficient (Wildman–Crippen LogP) is 2.79. The molecule has 0 aromatic heterocycles. The molecule has 3 fully saturated rings. The van der Waals surface area contributed by atoms with Crippen molar-refractivity contribution in [2.45, 2.75) is 76.0 Å². The average molecular weight is 713 g/mol. The number of aliphatic hydroxyl groups excluding tert-OH is 3. The molecule has 9 N–H and O–H groups in total. The highest BCUT2D eigenvalue weighted by Gasteiger charge is 2.75. The van der Waals surface area contributed by atoms with E-state index in [2.05, 4.69) is 0 Å². The summed E-state index contributed by atoms with van der Waals surface area (Å²) in [5, 5.41) is 89.7. The third-order valence-corrected chi connectivity index (χ3v) is 12.3. The van der Waals surface area contributed by atoms with Crippen molar-refractivity contribution in [1.82, 2.24) is 0 Å². The minimum absolute atomic E-state index is 0.0205. The Morgan fingerprint density at radius 3 is 2.25 bits per heavy atom. The van der Waals surface area contributed by atoms with Crippen molar-refractivity contribution < 1.29 is 69.5 Å². The zero-order valence-corrected chi connectivity index (χ0v) is 28.1. The quantitative estimate of drug-likeness (QED) is 0.208. The standard InChI is InChI=1S/C22H29FO5.C15H12O8/c1-12-8-16-15-5-4-13-9-14(25)6-7-19(13,2)21(15,23)17(26)10-20(16,3)22(12,28)18(27)11-24;16-6-3-7(17)11-10(4-6)23-15(14(22)13(11)21)5-1-8(18)12(20)9(19)2-5/h6-7,9,12,15-17,24,26,28H,4-5,8,10-11H2,1-3H3;1-4,14-20,22H/t12-,15+,16+,17+,19+,20+,21+,22+;14-,15+/m10/s1. The van der Waals surface area contributed by atoms with E-state index in [1.165, 1.54) is 12.2 Å². The topological polar surface area (TPSA) is 243 Å². The van der Waals surface area contributed by atoms with Crippen molar-refractivity contribution >= 4 is 17.3 Å². The molecular weight excluding hydrogens is 671 g/mol. The van der Waals surface area contributed by atoms with Crippen LogP contribution in [0.3, 0.4) is 0 Å². The van der Waals surface area contributed by atoms with Crippen LogP contribution in [0.2, 0.25) is 0 Å². The van der Waals surface area contributed by atoms with E-state index in [-0.39, 0.29) is 40.7 Å². The number of ether oxygens (including phenoxy) is 1. The van der Waals surface area contributed by atoms with Gasteiger partial charge >= 0.3 is 0 Å². The smallest absolute Gasteiger partial charge is 0.202 e. The van der Waals surface area contributed by atoms with E-state index in [0.29, 0.717) is 24.8 Å². The first-order valence-electron chi connectivity index (χ1n) is 16.6. The number of Topliss-reactive ketones (excluding diaryl/α,β-unsaturated/α-hetero) is 2. The van der Waals surface area contributed by atoms with Gasteiger partial charge in [-0.15, -0.1) is 0 Å². The number of benzene rings is 2. The van der Waals surface area contributed by atoms with Gasteiger partial charge in [0.15, 0.2) is 46.7 Å². The van der Waals surface area contributed by atoms with Crippen molar-refractivity contribution in [3.8, 4) is 34.5 Å². The number of hydrogen-bond acceptors (Lipinski definition) is 13. The molecule has 51 heavy (non-hydrogen) atoms. The summed E-state index contributed by atoms with van der Waals surface area (Å²) in [6, 6.07) is 4.06. The first-order chi connectivity index (χ1) is 23.8. The molecule has 0 spiro atoms. The molecule has 1 aliphatic heterocycles. The van der Waals surface area contributed by atoms with Crippen molar-refractivity contribution in [1.29, 1.82) is 0 Å². The molecule has 0 bridgehead atoms. The lowest BCUT2D eigenvalue weighted by Gasteiger charge is -2.62. The van der Waals surface area contributed by atoms with Gasteiger partial charge in [0.1, 0.15) is 35.0 Å². The van der Waals surface area contributed by atoms with Gasteiger partial charge in [0.05, 0.1) is 6.10 Å². The van der Waals surface area contributed by atoms with Crippen LogP contribution in [-0.2, 0) is 9.59 Å². The highest BCUT2D eigenvalue weighted by molar-refractivity contribution is 6.05. The van der Waals surface area contributed by atoms with E-state index in [1.54, 1.807) is 26.8 Å². The summed E-state index contributed by atoms with van der Waals surface area (Å²) in [5.74, 6) is -6.08. The van der Waals surface area contributed by atoms with Crippen LogP contribution in [0.15, 0.2) is 48.1 Å². The summed E-state index contributed by atoms with van der Waals surface area (Å²) in [4.78, 5) is 36.6. The monoisotopic (exact) mass is 712 g/mol. The number of rotatable bonds is 3. The highest BCUT2D eigenvalue weighted by Crippen LogP contribution is 2.70. The van der Waals surface area contributed by atoms with E-state index < -0.39 is 93.4 Å². The fourth-order valence-corrected chi connectivity index (χ4v) is 9.71. The lowest BCUT2D eigenvalue weighted by Crippen LogP contribution is -2.69. The zero-order chi connectivity index (χ0) is 37.6. The number of carbonyl (C=O) groups is 3. The minimum atomic E-state index is -1.98. The number of ketones is 3. The van der Waals surface area contributed by atoms with E-state index in [0.717, 1.165) is 24.3 Å². The van der Waals surface area contributed by atoms with Crippen molar-refractivity contribution in [3.05, 3.63) is 59.2 Å². The number of aliphatic hydroxyl groups is 4. The second-order valence-electron chi connectivity index (χ2n) is 14.8. The molecular formula is C37H41FO13. The number of aromatic hydroxyl groups is 5. The summed E-state index contributed by atoms with van der Waals surface area (Å²) in [6.07, 6.45) is 1.41. The van der Waals surface area contributed by atoms with Crippen LogP contribution < -0.4 is 4.74 Å². The number of carbonyl (C=O) groups excluding carboxylic acids is 3. The predicted molar refractivity (Wildman–Crippen MR) is 175 cm³/mol. The lowest BCUT2D eigenvalue weighted by molar-refractivity contribution is -0.219. The van der Waals surface area contributed by atoms with Gasteiger partial charge in [-0.05, 0) is 68.7 Å². The van der Waals surface area contributed by atoms with Gasteiger partial charge in [0.2, 0.25) is 5.78 Å². The van der Waals surface area contributed by atoms with Crippen molar-refractivity contribution in [2.75, 3.05) is 6.61 Å². The SMILES string of the molecule is C[C@@H]1C[C@H]2[C@@H]3CCC4=CC(=O)C=C[C@]4(C)[C@@]3(F)[C@@H](O)C[C@]2(C)[C@@]1(O)C(=O)CO.O=C1c2c(O)cc(O)cc2O[C@H](c2cc(O)c(O)c(O)c2)[C@H]1O. The van der Waals surface area contributed by atoms with Crippen LogP contribution in [0.4, 0.5) is 4.39 Å². The molecule has 13 nitrogen and oxygen atoms in total. The summed E-state index contributed by atoms with van der Waals surface area (Å²) >= 11 is 0. The summed E-state index contributed by atoms with van der Waals surface area (Å²) in [6.45, 7) is 4.48. The number of phenolic OH excluding ortho intramolecular Hbond substituents is 5. The maximum atomic E-state index is 16.9. The van der Waals surface area contributed by atoms with E-state index in [1.807, 2.05) is 0 Å². The van der Waals surface area contributed by atoms with Gasteiger partial charge in [-0.2, -0.15) is 0 Å². The van der Waals surface area contributed by atoms with Gasteiger partial charge in [-0.1, -0.05) is 25.5 Å². The Morgan fingerprint density at radius 2 is 1.63 bits per heavy atom. The molecule has 3 saturated carbocycles. The maximum absolute atomic E-state index is 16.9. The van der Waals surface area contributed by atoms with Crippen LogP contribution in [0.25, 0.3) is 0 Å². The maximum Gasteiger partial charge on any atom is 0.202 e. The van der Waals surface area contributed by atoms with Gasteiger partial charge in [0, 0.05) is 34.4 Å². The Morgan fingerprint density at radius 1 is 0.980 bits per heavy atom. The Balaban J connectivity index is 0.000000179. The molecule has 2 aromatic carbocycles. The molecule has 274 valence electrons. The van der Waals surface area contributed by atoms with Crippen LogP contribution in [-0.4, -0.2) is 93.4 Å². The zero-order valence-electron chi connectivity index (χ0n) is 28.1. The van der Waals surface area contributed by atoms with Gasteiger partial charge in [0.25, 0.3) is 0 Å². The van der Waals surface area contributed by atoms with E-state index >= 15 is 4.39 Å². The molecule has 1 heterocycles. The first-order valence-corrected chi connectivity index (χ1v) is 16.6. The summed E-state index contributed by atoms with van der Waals surface area (Å²) < 4.78 is 22.3. The molecule has 14 heteroatoms. The number of hydrogen-bond donors (Lipinski definition) is 9. The molecule has 0 amide bonds. The molecule has 10 atom stereocenters. The Kier molecular flexibility index (Phi) is 8.57. The number of phenols is 5. The lowest BCUT2D eigenvalue weighted by atomic mass is 9.44. The molecule has 0 saturated heterocycles. The fourth-order valence-electron chi connectivity index (χ4n) is 9.71. The van der Waals surface area contributed by atoms with Crippen molar-refractivity contribution in [2.24, 2.45) is 28.6 Å². The molecule has 0 radical (unpaired) electrons. The molecule has 4 aliphatic carbocycles.